The molecule has 124 valence electrons. The normalized spacial score (nSPS) is 13.4. The molecule has 0 saturated carbocycles. The second-order valence-corrected chi connectivity index (χ2v) is 5.58. The summed E-state index contributed by atoms with van der Waals surface area (Å²) in [6.07, 6.45) is 0. The Morgan fingerprint density at radius 3 is 2.48 bits per heavy atom. The highest BCUT2D eigenvalue weighted by Gasteiger charge is 2.36. The van der Waals surface area contributed by atoms with Gasteiger partial charge in [0.25, 0.3) is 11.8 Å². The summed E-state index contributed by atoms with van der Waals surface area (Å²) in [7, 11) is 0. The van der Waals surface area contributed by atoms with E-state index in [-0.39, 0.29) is 5.75 Å². The number of aromatic nitrogens is 1. The first-order valence-electron chi connectivity index (χ1n) is 7.56. The molecule has 3 aromatic rings. The summed E-state index contributed by atoms with van der Waals surface area (Å²) in [4.78, 5) is 41.7. The summed E-state index contributed by atoms with van der Waals surface area (Å²) in [6, 6.07) is 11.2. The van der Waals surface area contributed by atoms with Crippen molar-refractivity contribution in [2.75, 3.05) is 6.54 Å². The molecule has 0 fully saturated rings. The molecule has 4 rings (SSSR count). The van der Waals surface area contributed by atoms with E-state index in [0.717, 1.165) is 4.90 Å². The van der Waals surface area contributed by atoms with E-state index in [4.69, 9.17) is 9.15 Å². The van der Waals surface area contributed by atoms with Crippen LogP contribution >= 0.6 is 0 Å². The fourth-order valence-corrected chi connectivity index (χ4v) is 2.76. The van der Waals surface area contributed by atoms with Gasteiger partial charge in [-0.15, -0.1) is 0 Å². The van der Waals surface area contributed by atoms with Gasteiger partial charge in [-0.3, -0.25) is 14.5 Å². The number of carbonyl (C=O) groups excluding carboxylic acids is 3. The molecule has 2 heterocycles. The average Bonchev–Trinajstić information content (AvgIpc) is 3.07. The van der Waals surface area contributed by atoms with Gasteiger partial charge in [-0.1, -0.05) is 12.1 Å². The van der Waals surface area contributed by atoms with Crippen LogP contribution in [0.25, 0.3) is 11.1 Å². The number of benzene rings is 2. The Kier molecular flexibility index (Phi) is 3.35. The predicted octanol–water partition coefficient (Wildman–Crippen LogP) is 2.34. The lowest BCUT2D eigenvalue weighted by Crippen LogP contribution is -2.36. The maximum atomic E-state index is 12.2. The molecule has 0 bridgehead atoms. The van der Waals surface area contributed by atoms with Crippen LogP contribution in [0.3, 0.4) is 0 Å². The number of imide groups is 1. The summed E-state index contributed by atoms with van der Waals surface area (Å²) in [5.74, 6) is -0.961. The van der Waals surface area contributed by atoms with E-state index in [1.54, 1.807) is 43.3 Å². The number of esters is 1. The van der Waals surface area contributed by atoms with Crippen molar-refractivity contribution >= 4 is 28.9 Å². The quantitative estimate of drug-likeness (QED) is 0.414. The molecular formula is C18H12N2O5. The van der Waals surface area contributed by atoms with E-state index in [0.29, 0.717) is 28.1 Å². The second kappa shape index (κ2) is 5.55. The topological polar surface area (TPSA) is 89.7 Å². The number of nitrogens with zero attached hydrogens (tertiary/aromatic N) is 2. The van der Waals surface area contributed by atoms with Crippen LogP contribution in [0.1, 0.15) is 26.6 Å². The smallest absolute Gasteiger partial charge is 0.331 e. The second-order valence-electron chi connectivity index (χ2n) is 5.58. The van der Waals surface area contributed by atoms with Gasteiger partial charge in [0.05, 0.1) is 11.1 Å². The van der Waals surface area contributed by atoms with Crippen LogP contribution in [0.15, 0.2) is 46.9 Å². The molecule has 0 radical (unpaired) electrons. The molecule has 0 aliphatic carbocycles. The van der Waals surface area contributed by atoms with Gasteiger partial charge in [-0.05, 0) is 24.3 Å². The van der Waals surface area contributed by atoms with Crippen molar-refractivity contribution in [1.29, 1.82) is 0 Å². The van der Waals surface area contributed by atoms with Gasteiger partial charge in [0.15, 0.2) is 11.5 Å². The first-order valence-corrected chi connectivity index (χ1v) is 7.56. The molecule has 0 N–H and O–H groups in total. The third-order valence-corrected chi connectivity index (χ3v) is 3.86. The van der Waals surface area contributed by atoms with Crippen molar-refractivity contribution in [1.82, 2.24) is 9.88 Å². The molecule has 0 atom stereocenters. The lowest BCUT2D eigenvalue weighted by atomic mass is 10.1. The van der Waals surface area contributed by atoms with Crippen LogP contribution < -0.4 is 4.74 Å². The highest BCUT2D eigenvalue weighted by atomic mass is 16.5. The van der Waals surface area contributed by atoms with E-state index < -0.39 is 24.3 Å². The van der Waals surface area contributed by atoms with Gasteiger partial charge in [0, 0.05) is 13.0 Å². The highest BCUT2D eigenvalue weighted by molar-refractivity contribution is 6.22. The summed E-state index contributed by atoms with van der Waals surface area (Å²) < 4.78 is 10.6. The first-order chi connectivity index (χ1) is 12.0. The Labute approximate surface area is 141 Å². The average molecular weight is 336 g/mol. The largest absolute Gasteiger partial charge is 0.441 e. The Morgan fingerprint density at radius 2 is 1.80 bits per heavy atom. The Morgan fingerprint density at radius 1 is 1.12 bits per heavy atom. The summed E-state index contributed by atoms with van der Waals surface area (Å²) in [5.41, 5.74) is 1.72. The van der Waals surface area contributed by atoms with Crippen molar-refractivity contribution in [2.24, 2.45) is 0 Å². The van der Waals surface area contributed by atoms with Crippen molar-refractivity contribution < 1.29 is 23.5 Å². The van der Waals surface area contributed by atoms with E-state index in [1.165, 1.54) is 6.07 Å². The SMILES string of the molecule is Cc1nc2ccc(OC(=O)CN3C(=O)c4ccccc4C3=O)cc2o1. The molecule has 2 amide bonds. The first kappa shape index (κ1) is 15.1. The van der Waals surface area contributed by atoms with Gasteiger partial charge in [-0.25, -0.2) is 9.78 Å². The maximum absolute atomic E-state index is 12.2. The zero-order valence-electron chi connectivity index (χ0n) is 13.2. The van der Waals surface area contributed by atoms with Crippen molar-refractivity contribution in [2.45, 2.75) is 6.92 Å². The zero-order valence-corrected chi connectivity index (χ0v) is 13.2. The molecule has 0 spiro atoms. The fraction of sp³-hybridized carbons (Fsp3) is 0.111. The van der Waals surface area contributed by atoms with Crippen molar-refractivity contribution in [3.63, 3.8) is 0 Å². The monoisotopic (exact) mass is 336 g/mol. The minimum Gasteiger partial charge on any atom is -0.441 e. The van der Waals surface area contributed by atoms with Gasteiger partial charge in [-0.2, -0.15) is 0 Å². The molecule has 25 heavy (non-hydrogen) atoms. The highest BCUT2D eigenvalue weighted by Crippen LogP contribution is 2.24. The van der Waals surface area contributed by atoms with Gasteiger partial charge < -0.3 is 9.15 Å². The molecule has 1 aliphatic heterocycles. The number of hydrogen-bond acceptors (Lipinski definition) is 6. The number of oxazole rings is 1. The van der Waals surface area contributed by atoms with E-state index >= 15 is 0 Å². The van der Waals surface area contributed by atoms with Crippen LogP contribution in [-0.4, -0.2) is 34.2 Å². The van der Waals surface area contributed by atoms with Crippen molar-refractivity contribution in [3.8, 4) is 5.75 Å². The molecule has 1 aromatic heterocycles. The number of aryl methyl sites for hydroxylation is 1. The Balaban J connectivity index is 1.50. The summed E-state index contributed by atoms with van der Waals surface area (Å²) in [5, 5.41) is 0. The van der Waals surface area contributed by atoms with E-state index in [9.17, 15) is 14.4 Å². The number of carbonyl (C=O) groups is 3. The van der Waals surface area contributed by atoms with E-state index in [1.807, 2.05) is 0 Å². The number of fused-ring (bicyclic) bond motifs is 2. The summed E-state index contributed by atoms with van der Waals surface area (Å²) in [6.45, 7) is 1.26. The lowest BCUT2D eigenvalue weighted by Gasteiger charge is -2.12. The molecule has 1 aliphatic rings. The molecule has 7 heteroatoms. The maximum Gasteiger partial charge on any atom is 0.331 e. The van der Waals surface area contributed by atoms with Crippen LogP contribution in [-0.2, 0) is 4.79 Å². The van der Waals surface area contributed by atoms with Crippen LogP contribution in [0.2, 0.25) is 0 Å². The van der Waals surface area contributed by atoms with Gasteiger partial charge in [0.2, 0.25) is 0 Å². The van der Waals surface area contributed by atoms with Gasteiger partial charge in [0.1, 0.15) is 17.8 Å². The van der Waals surface area contributed by atoms with Crippen molar-refractivity contribution in [3.05, 3.63) is 59.5 Å². The zero-order chi connectivity index (χ0) is 17.6. The van der Waals surface area contributed by atoms with Crippen LogP contribution in [0, 0.1) is 6.92 Å². The number of amides is 2. The molecule has 0 saturated heterocycles. The van der Waals surface area contributed by atoms with Crippen LogP contribution in [0.4, 0.5) is 0 Å². The minimum atomic E-state index is -0.718. The Hall–Kier alpha value is -3.48. The number of hydrogen-bond donors (Lipinski definition) is 0. The molecule has 2 aromatic carbocycles. The molecule has 7 nitrogen and oxygen atoms in total. The standard InChI is InChI=1S/C18H12N2O5/c1-10-19-14-7-6-11(8-15(14)24-10)25-16(21)9-20-17(22)12-4-2-3-5-13(12)18(20)23/h2-8H,9H2,1H3. The van der Waals surface area contributed by atoms with Gasteiger partial charge >= 0.3 is 5.97 Å². The lowest BCUT2D eigenvalue weighted by molar-refractivity contribution is -0.134. The predicted molar refractivity (Wildman–Crippen MR) is 86.2 cm³/mol. The Bertz CT molecular complexity index is 1000. The number of ether oxygens (including phenoxy) is 1. The third kappa shape index (κ3) is 2.55. The van der Waals surface area contributed by atoms with E-state index in [2.05, 4.69) is 4.98 Å². The minimum absolute atomic E-state index is 0.255. The fourth-order valence-electron chi connectivity index (χ4n) is 2.76. The number of rotatable bonds is 3. The third-order valence-electron chi connectivity index (χ3n) is 3.86. The summed E-state index contributed by atoms with van der Waals surface area (Å²) >= 11 is 0. The van der Waals surface area contributed by atoms with Crippen LogP contribution in [0.5, 0.6) is 5.75 Å². The molecular weight excluding hydrogens is 324 g/mol. The molecule has 0 unspecified atom stereocenters.